The Morgan fingerprint density at radius 3 is 2.76 bits per heavy atom. The zero-order chi connectivity index (χ0) is 20.1. The Balaban J connectivity index is 1.32. The van der Waals surface area contributed by atoms with Crippen LogP contribution in [0.3, 0.4) is 0 Å². The summed E-state index contributed by atoms with van der Waals surface area (Å²) in [6, 6.07) is 6.87. The van der Waals surface area contributed by atoms with Crippen LogP contribution in [0, 0.1) is 0 Å². The number of H-pyrrole nitrogens is 1. The predicted molar refractivity (Wildman–Crippen MR) is 116 cm³/mol. The molecule has 6 nitrogen and oxygen atoms in total. The van der Waals surface area contributed by atoms with Crippen molar-refractivity contribution in [2.45, 2.75) is 44.6 Å². The fourth-order valence-electron chi connectivity index (χ4n) is 4.27. The lowest BCUT2D eigenvalue weighted by atomic mass is 9.94. The number of hydrogen-bond donors (Lipinski definition) is 2. The summed E-state index contributed by atoms with van der Waals surface area (Å²) in [6.07, 6.45) is 14.1. The molecule has 1 aliphatic rings. The maximum atomic E-state index is 12.4. The van der Waals surface area contributed by atoms with E-state index in [9.17, 15) is 4.79 Å². The number of nitrogens with zero attached hydrogens (tertiary/aromatic N) is 3. The first-order valence-corrected chi connectivity index (χ1v) is 10.5. The van der Waals surface area contributed by atoms with Gasteiger partial charge in [-0.25, -0.2) is 9.97 Å². The number of carbonyl (C=O) groups excluding carboxylic acids is 1. The van der Waals surface area contributed by atoms with Crippen LogP contribution in [-0.2, 0) is 11.2 Å². The number of aromatic nitrogens is 3. The quantitative estimate of drug-likeness (QED) is 0.646. The molecule has 29 heavy (non-hydrogen) atoms. The molecule has 1 fully saturated rings. The molecule has 6 heteroatoms. The van der Waals surface area contributed by atoms with Gasteiger partial charge >= 0.3 is 0 Å². The minimum atomic E-state index is 0.0727. The van der Waals surface area contributed by atoms with Gasteiger partial charge < -0.3 is 15.2 Å². The van der Waals surface area contributed by atoms with E-state index in [2.05, 4.69) is 50.4 Å². The van der Waals surface area contributed by atoms with Gasteiger partial charge in [0.15, 0.2) is 0 Å². The fourth-order valence-corrected chi connectivity index (χ4v) is 4.27. The van der Waals surface area contributed by atoms with Crippen LogP contribution in [0.25, 0.3) is 22.0 Å². The lowest BCUT2D eigenvalue weighted by Crippen LogP contribution is -2.39. The van der Waals surface area contributed by atoms with E-state index in [0.717, 1.165) is 34.1 Å². The summed E-state index contributed by atoms with van der Waals surface area (Å²) >= 11 is 0. The van der Waals surface area contributed by atoms with E-state index in [4.69, 9.17) is 0 Å². The van der Waals surface area contributed by atoms with E-state index in [1.54, 1.807) is 12.4 Å². The van der Waals surface area contributed by atoms with Gasteiger partial charge in [0.2, 0.25) is 5.91 Å². The number of carbonyl (C=O) groups is 1. The van der Waals surface area contributed by atoms with Crippen LogP contribution < -0.4 is 5.32 Å². The second kappa shape index (κ2) is 9.18. The lowest BCUT2D eigenvalue weighted by molar-refractivity contribution is -0.120. The van der Waals surface area contributed by atoms with E-state index in [1.165, 1.54) is 38.4 Å². The molecule has 0 atom stereocenters. The summed E-state index contributed by atoms with van der Waals surface area (Å²) in [7, 11) is 2.18. The van der Waals surface area contributed by atoms with Gasteiger partial charge in [0.05, 0.1) is 6.42 Å². The number of hydrogen-bond acceptors (Lipinski definition) is 4. The van der Waals surface area contributed by atoms with E-state index in [1.807, 2.05) is 6.20 Å². The first-order chi connectivity index (χ1) is 14.2. The Bertz CT molecular complexity index is 946. The van der Waals surface area contributed by atoms with Gasteiger partial charge in [-0.2, -0.15) is 0 Å². The van der Waals surface area contributed by atoms with Gasteiger partial charge in [-0.05, 0) is 37.1 Å². The molecule has 0 spiro atoms. The minimum Gasteiger partial charge on any atom is -0.361 e. The van der Waals surface area contributed by atoms with Crippen molar-refractivity contribution in [2.75, 3.05) is 20.1 Å². The molecule has 3 aromatic rings. The van der Waals surface area contributed by atoms with Crippen molar-refractivity contribution < 1.29 is 4.79 Å². The zero-order valence-electron chi connectivity index (χ0n) is 17.0. The first kappa shape index (κ1) is 19.6. The third-order valence-electron chi connectivity index (χ3n) is 6.00. The second-order valence-corrected chi connectivity index (χ2v) is 8.00. The Hall–Kier alpha value is -2.73. The van der Waals surface area contributed by atoms with Crippen molar-refractivity contribution in [3.63, 3.8) is 0 Å². The molecular formula is C23H29N5O. The highest BCUT2D eigenvalue weighted by atomic mass is 16.1. The highest BCUT2D eigenvalue weighted by Crippen LogP contribution is 2.25. The monoisotopic (exact) mass is 391 g/mol. The number of rotatable bonds is 7. The summed E-state index contributed by atoms with van der Waals surface area (Å²) in [6.45, 7) is 1.61. The molecule has 1 aliphatic carbocycles. The molecule has 4 rings (SSSR count). The average Bonchev–Trinajstić information content (AvgIpc) is 3.16. The van der Waals surface area contributed by atoms with Crippen LogP contribution in [0.5, 0.6) is 0 Å². The summed E-state index contributed by atoms with van der Waals surface area (Å²) in [4.78, 5) is 26.3. The molecule has 0 bridgehead atoms. The first-order valence-electron chi connectivity index (χ1n) is 10.5. The maximum Gasteiger partial charge on any atom is 0.224 e. The van der Waals surface area contributed by atoms with Crippen LogP contribution in [0.1, 0.15) is 37.7 Å². The van der Waals surface area contributed by atoms with E-state index < -0.39 is 0 Å². The van der Waals surface area contributed by atoms with Gasteiger partial charge in [0.1, 0.15) is 6.33 Å². The van der Waals surface area contributed by atoms with Crippen LogP contribution in [0.4, 0.5) is 0 Å². The Morgan fingerprint density at radius 1 is 1.17 bits per heavy atom. The Labute approximate surface area is 171 Å². The molecule has 0 radical (unpaired) electrons. The molecule has 2 N–H and O–H groups in total. The van der Waals surface area contributed by atoms with Crippen LogP contribution in [-0.4, -0.2) is 51.9 Å². The molecule has 1 amide bonds. The van der Waals surface area contributed by atoms with E-state index in [-0.39, 0.29) is 5.91 Å². The van der Waals surface area contributed by atoms with Gasteiger partial charge in [-0.3, -0.25) is 4.79 Å². The highest BCUT2D eigenvalue weighted by molar-refractivity contribution is 5.91. The van der Waals surface area contributed by atoms with Gasteiger partial charge in [0.25, 0.3) is 0 Å². The van der Waals surface area contributed by atoms with Gasteiger partial charge in [-0.15, -0.1) is 0 Å². The molecule has 1 saturated carbocycles. The molecular weight excluding hydrogens is 362 g/mol. The number of benzene rings is 1. The zero-order valence-corrected chi connectivity index (χ0v) is 17.0. The molecule has 1 aromatic carbocycles. The molecule has 2 aromatic heterocycles. The van der Waals surface area contributed by atoms with Crippen molar-refractivity contribution >= 4 is 16.8 Å². The van der Waals surface area contributed by atoms with Crippen LogP contribution in [0.2, 0.25) is 0 Å². The van der Waals surface area contributed by atoms with Crippen molar-refractivity contribution in [1.29, 1.82) is 0 Å². The Morgan fingerprint density at radius 2 is 1.97 bits per heavy atom. The standard InChI is InChI=1S/C23H29N5O/c1-28(20-5-3-2-4-6-20)10-9-26-23(29)12-18-15-27-22-11-17(7-8-21(18)22)19-13-24-16-25-14-19/h7-8,11,13-16,20,27H,2-6,9-10,12H2,1H3,(H,26,29). The smallest absolute Gasteiger partial charge is 0.224 e. The number of nitrogens with one attached hydrogen (secondary N) is 2. The van der Waals surface area contributed by atoms with Crippen LogP contribution in [0.15, 0.2) is 43.1 Å². The third kappa shape index (κ3) is 4.82. The summed E-state index contributed by atoms with van der Waals surface area (Å²) in [5, 5.41) is 4.17. The summed E-state index contributed by atoms with van der Waals surface area (Å²) in [5.41, 5.74) is 4.08. The van der Waals surface area contributed by atoms with E-state index in [0.29, 0.717) is 19.0 Å². The number of amides is 1. The maximum absolute atomic E-state index is 12.4. The third-order valence-corrected chi connectivity index (χ3v) is 6.00. The molecule has 0 saturated heterocycles. The summed E-state index contributed by atoms with van der Waals surface area (Å²) in [5.74, 6) is 0.0727. The molecule has 152 valence electrons. The van der Waals surface area contributed by atoms with Crippen molar-refractivity contribution in [1.82, 2.24) is 25.2 Å². The van der Waals surface area contributed by atoms with E-state index >= 15 is 0 Å². The summed E-state index contributed by atoms with van der Waals surface area (Å²) < 4.78 is 0. The van der Waals surface area contributed by atoms with Crippen molar-refractivity contribution in [2.24, 2.45) is 0 Å². The van der Waals surface area contributed by atoms with Gasteiger partial charge in [0, 0.05) is 54.2 Å². The molecule has 2 heterocycles. The largest absolute Gasteiger partial charge is 0.361 e. The number of aromatic amines is 1. The lowest BCUT2D eigenvalue weighted by Gasteiger charge is -2.31. The van der Waals surface area contributed by atoms with Crippen LogP contribution >= 0.6 is 0 Å². The predicted octanol–water partition coefficient (Wildman–Crippen LogP) is 3.55. The Kier molecular flexibility index (Phi) is 6.20. The molecule has 0 aliphatic heterocycles. The molecule has 0 unspecified atom stereocenters. The van der Waals surface area contributed by atoms with Crippen molar-refractivity contribution in [3.05, 3.63) is 48.7 Å². The minimum absolute atomic E-state index is 0.0727. The topological polar surface area (TPSA) is 73.9 Å². The SMILES string of the molecule is CN(CCNC(=O)Cc1c[nH]c2cc(-c3cncnc3)ccc12)C1CCCCC1. The van der Waals surface area contributed by atoms with Gasteiger partial charge in [-0.1, -0.05) is 31.4 Å². The second-order valence-electron chi connectivity index (χ2n) is 8.00. The average molecular weight is 392 g/mol. The van der Waals surface area contributed by atoms with Crippen molar-refractivity contribution in [3.8, 4) is 11.1 Å². The fraction of sp³-hybridized carbons (Fsp3) is 0.435. The number of likely N-dealkylation sites (N-methyl/N-ethyl adjacent to an activating group) is 1. The highest BCUT2D eigenvalue weighted by Gasteiger charge is 2.17. The normalized spacial score (nSPS) is 15.1. The number of fused-ring (bicyclic) bond motifs is 1.